The van der Waals surface area contributed by atoms with Crippen LogP contribution in [-0.2, 0) is 31.9 Å². The van der Waals surface area contributed by atoms with Gasteiger partial charge < -0.3 is 20.3 Å². The van der Waals surface area contributed by atoms with Gasteiger partial charge in [0.1, 0.15) is 0 Å². The fraction of sp³-hybridized carbons (Fsp3) is 0.429. The van der Waals surface area contributed by atoms with Gasteiger partial charge >= 0.3 is 5.97 Å². The van der Waals surface area contributed by atoms with Crippen molar-refractivity contribution in [2.24, 2.45) is 5.73 Å². The van der Waals surface area contributed by atoms with Gasteiger partial charge in [-0.1, -0.05) is 105 Å². The van der Waals surface area contributed by atoms with Crippen LogP contribution < -0.4 is 5.73 Å². The van der Waals surface area contributed by atoms with Crippen LogP contribution in [0.15, 0.2) is 78.9 Å². The first-order chi connectivity index (χ1) is 20.0. The van der Waals surface area contributed by atoms with Crippen molar-refractivity contribution in [2.75, 3.05) is 13.7 Å². The predicted molar refractivity (Wildman–Crippen MR) is 163 cm³/mol. The average molecular weight is 560 g/mol. The highest BCUT2D eigenvalue weighted by Crippen LogP contribution is 2.24. The highest BCUT2D eigenvalue weighted by molar-refractivity contribution is 5.80. The molecule has 0 bridgehead atoms. The first kappa shape index (κ1) is 32.0. The molecule has 0 saturated carbocycles. The van der Waals surface area contributed by atoms with Crippen LogP contribution in [0.4, 0.5) is 0 Å². The highest BCUT2D eigenvalue weighted by atomic mass is 16.5. The lowest BCUT2D eigenvalue weighted by Crippen LogP contribution is -2.24. The van der Waals surface area contributed by atoms with Gasteiger partial charge in [-0.05, 0) is 66.3 Å². The molecule has 0 fully saturated rings. The van der Waals surface area contributed by atoms with Crippen molar-refractivity contribution in [3.05, 3.63) is 95.6 Å². The maximum atomic E-state index is 11.7. The van der Waals surface area contributed by atoms with Crippen molar-refractivity contribution in [1.82, 2.24) is 0 Å². The molecule has 0 aliphatic carbocycles. The van der Waals surface area contributed by atoms with E-state index in [9.17, 15) is 14.7 Å². The summed E-state index contributed by atoms with van der Waals surface area (Å²) < 4.78 is 11.1. The lowest BCUT2D eigenvalue weighted by atomic mass is 9.94. The Morgan fingerprint density at radius 3 is 2.24 bits per heavy atom. The van der Waals surface area contributed by atoms with Crippen LogP contribution in [0, 0.1) is 0 Å². The molecule has 41 heavy (non-hydrogen) atoms. The molecule has 0 heterocycles. The Bertz CT molecular complexity index is 1200. The minimum Gasteiger partial charge on any atom is -0.469 e. The summed E-state index contributed by atoms with van der Waals surface area (Å²) >= 11 is 0. The van der Waals surface area contributed by atoms with E-state index in [-0.39, 0.29) is 12.1 Å². The van der Waals surface area contributed by atoms with Crippen molar-refractivity contribution in [3.8, 4) is 11.1 Å². The molecule has 2 unspecified atom stereocenters. The molecule has 6 heteroatoms. The number of unbranched alkanes of at least 4 members (excludes halogenated alkanes) is 5. The number of aliphatic hydroxyl groups excluding tert-OH is 1. The smallest absolute Gasteiger partial charge is 0.305 e. The highest BCUT2D eigenvalue weighted by Gasteiger charge is 2.20. The van der Waals surface area contributed by atoms with E-state index in [1.807, 2.05) is 24.3 Å². The molecule has 0 aliphatic heterocycles. The van der Waals surface area contributed by atoms with Gasteiger partial charge in [0.15, 0.2) is 6.10 Å². The molecule has 3 N–H and O–H groups in total. The van der Waals surface area contributed by atoms with Crippen molar-refractivity contribution in [1.29, 1.82) is 0 Å². The maximum absolute atomic E-state index is 11.7. The van der Waals surface area contributed by atoms with Gasteiger partial charge in [-0.3, -0.25) is 9.59 Å². The third-order valence-corrected chi connectivity index (χ3v) is 7.45. The molecule has 3 aromatic carbocycles. The lowest BCUT2D eigenvalue weighted by molar-refractivity contribution is -0.140. The summed E-state index contributed by atoms with van der Waals surface area (Å²) in [6.07, 6.45) is 8.67. The van der Waals surface area contributed by atoms with Crippen molar-refractivity contribution >= 4 is 11.9 Å². The molecular formula is C35H45NO5. The number of aliphatic hydroxyl groups is 1. The first-order valence-electron chi connectivity index (χ1n) is 14.9. The normalized spacial score (nSPS) is 12.5. The van der Waals surface area contributed by atoms with Crippen LogP contribution in [0.5, 0.6) is 0 Å². The zero-order valence-corrected chi connectivity index (χ0v) is 24.3. The predicted octanol–water partition coefficient (Wildman–Crippen LogP) is 6.73. The average Bonchev–Trinajstić information content (AvgIpc) is 3.00. The molecule has 6 nitrogen and oxygen atoms in total. The van der Waals surface area contributed by atoms with Crippen LogP contribution in [0.1, 0.15) is 80.6 Å². The fourth-order valence-corrected chi connectivity index (χ4v) is 5.13. The molecule has 0 aromatic heterocycles. The SMILES string of the molecule is COC(=O)CCCCCCCCOC(CCCc1cccc(-c2ccccc2)c1)Cc1ccccc1C(O)C(N)=O. The van der Waals surface area contributed by atoms with Crippen LogP contribution in [0.25, 0.3) is 11.1 Å². The number of ether oxygens (including phenoxy) is 2. The number of aryl methyl sites for hydroxylation is 1. The summed E-state index contributed by atoms with van der Waals surface area (Å²) in [6.45, 7) is 0.664. The quantitative estimate of drug-likeness (QED) is 0.125. The van der Waals surface area contributed by atoms with E-state index in [0.717, 1.165) is 63.4 Å². The minimum atomic E-state index is -1.33. The van der Waals surface area contributed by atoms with Gasteiger partial charge in [-0.2, -0.15) is 0 Å². The van der Waals surface area contributed by atoms with Gasteiger partial charge in [-0.25, -0.2) is 0 Å². The number of esters is 1. The summed E-state index contributed by atoms with van der Waals surface area (Å²) in [7, 11) is 1.43. The molecule has 0 aliphatic rings. The number of methoxy groups -OCH3 is 1. The molecule has 0 radical (unpaired) electrons. The number of rotatable bonds is 19. The summed E-state index contributed by atoms with van der Waals surface area (Å²) in [6, 6.07) is 26.5. The Morgan fingerprint density at radius 2 is 1.49 bits per heavy atom. The Labute approximate surface area is 244 Å². The van der Waals surface area contributed by atoms with E-state index in [1.54, 1.807) is 6.07 Å². The number of hydrogen-bond acceptors (Lipinski definition) is 5. The van der Waals surface area contributed by atoms with Crippen molar-refractivity contribution < 1.29 is 24.2 Å². The van der Waals surface area contributed by atoms with Gasteiger partial charge in [-0.15, -0.1) is 0 Å². The van der Waals surface area contributed by atoms with Gasteiger partial charge in [0.25, 0.3) is 5.91 Å². The van der Waals surface area contributed by atoms with E-state index >= 15 is 0 Å². The summed E-state index contributed by atoms with van der Waals surface area (Å²) in [5.74, 6) is -0.891. The van der Waals surface area contributed by atoms with E-state index in [1.165, 1.54) is 23.8 Å². The third-order valence-electron chi connectivity index (χ3n) is 7.45. The number of nitrogens with two attached hydrogens (primary N) is 1. The number of hydrogen-bond donors (Lipinski definition) is 2. The van der Waals surface area contributed by atoms with Gasteiger partial charge in [0, 0.05) is 13.0 Å². The molecule has 220 valence electrons. The number of carbonyl (C=O) groups excluding carboxylic acids is 2. The van der Waals surface area contributed by atoms with Crippen LogP contribution >= 0.6 is 0 Å². The zero-order valence-electron chi connectivity index (χ0n) is 24.3. The molecule has 0 spiro atoms. The molecule has 3 aromatic rings. The second-order valence-electron chi connectivity index (χ2n) is 10.6. The van der Waals surface area contributed by atoms with E-state index in [0.29, 0.717) is 25.0 Å². The van der Waals surface area contributed by atoms with Gasteiger partial charge in [0.2, 0.25) is 0 Å². The standard InChI is InChI=1S/C35H45NO5/c1-40-33(37)23-9-4-2-3-5-12-24-41-31(26-30-19-10-11-22-32(30)34(38)35(36)39)21-14-16-27-15-13-20-29(25-27)28-17-7-6-8-18-28/h6-8,10-11,13,15,17-20,22,25,31,34,38H,2-5,9,12,14,16,21,23-24,26H2,1H3,(H2,36,39). The zero-order chi connectivity index (χ0) is 29.3. The molecule has 1 amide bonds. The first-order valence-corrected chi connectivity index (χ1v) is 14.9. The third kappa shape index (κ3) is 11.5. The molecule has 0 saturated heterocycles. The second kappa shape index (κ2) is 18.1. The van der Waals surface area contributed by atoms with Crippen molar-refractivity contribution in [2.45, 2.75) is 82.8 Å². The number of primary amides is 1. The Hall–Kier alpha value is -3.48. The van der Waals surface area contributed by atoms with Gasteiger partial charge in [0.05, 0.1) is 13.2 Å². The number of benzene rings is 3. The lowest BCUT2D eigenvalue weighted by Gasteiger charge is -2.21. The summed E-state index contributed by atoms with van der Waals surface area (Å²) in [5, 5.41) is 10.4. The van der Waals surface area contributed by atoms with E-state index < -0.39 is 12.0 Å². The molecule has 2 atom stereocenters. The summed E-state index contributed by atoms with van der Waals surface area (Å²) in [5.41, 5.74) is 10.6. The molecular weight excluding hydrogens is 514 g/mol. The number of amides is 1. The monoisotopic (exact) mass is 559 g/mol. The Morgan fingerprint density at radius 1 is 0.805 bits per heavy atom. The Balaban J connectivity index is 1.54. The largest absolute Gasteiger partial charge is 0.469 e. The fourth-order valence-electron chi connectivity index (χ4n) is 5.13. The topological polar surface area (TPSA) is 98.8 Å². The maximum Gasteiger partial charge on any atom is 0.305 e. The number of carbonyl (C=O) groups is 2. The van der Waals surface area contributed by atoms with Crippen LogP contribution in [-0.4, -0.2) is 36.8 Å². The van der Waals surface area contributed by atoms with E-state index in [4.69, 9.17) is 15.2 Å². The summed E-state index contributed by atoms with van der Waals surface area (Å²) in [4.78, 5) is 22.9. The second-order valence-corrected chi connectivity index (χ2v) is 10.6. The van der Waals surface area contributed by atoms with Crippen molar-refractivity contribution in [3.63, 3.8) is 0 Å². The van der Waals surface area contributed by atoms with Crippen LogP contribution in [0.2, 0.25) is 0 Å². The van der Waals surface area contributed by atoms with Crippen LogP contribution in [0.3, 0.4) is 0 Å². The molecule has 3 rings (SSSR count). The minimum absolute atomic E-state index is 0.0337. The van der Waals surface area contributed by atoms with E-state index in [2.05, 4.69) is 48.5 Å². The Kier molecular flexibility index (Phi) is 14.1.